The Morgan fingerprint density at radius 1 is 1.11 bits per heavy atom. The highest BCUT2D eigenvalue weighted by Gasteiger charge is 2.03. The van der Waals surface area contributed by atoms with Crippen LogP contribution in [0.2, 0.25) is 5.02 Å². The van der Waals surface area contributed by atoms with Gasteiger partial charge in [0.1, 0.15) is 0 Å². The summed E-state index contributed by atoms with van der Waals surface area (Å²) in [6.45, 7) is 2.18. The Balaban J connectivity index is 2.20. The molecule has 2 aromatic carbocycles. The van der Waals surface area contributed by atoms with Gasteiger partial charge in [-0.25, -0.2) is 0 Å². The third-order valence-electron chi connectivity index (χ3n) is 2.71. The number of rotatable bonds is 4. The van der Waals surface area contributed by atoms with Crippen LogP contribution < -0.4 is 0 Å². The number of aryl methyl sites for hydroxylation is 1. The van der Waals surface area contributed by atoms with Crippen molar-refractivity contribution >= 4 is 46.0 Å². The van der Waals surface area contributed by atoms with Crippen LogP contribution in [0.15, 0.2) is 52.3 Å². The van der Waals surface area contributed by atoms with Crippen molar-refractivity contribution in [2.75, 3.05) is 0 Å². The van der Waals surface area contributed by atoms with Gasteiger partial charge in [0.25, 0.3) is 0 Å². The van der Waals surface area contributed by atoms with Gasteiger partial charge in [-0.3, -0.25) is 0 Å². The molecule has 0 aliphatic heterocycles. The first-order valence-corrected chi connectivity index (χ1v) is 8.56. The highest BCUT2D eigenvalue weighted by molar-refractivity contribution is 14.1. The molecule has 0 unspecified atom stereocenters. The predicted octanol–water partition coefficient (Wildman–Crippen LogP) is 5.99. The van der Waals surface area contributed by atoms with E-state index in [1.807, 2.05) is 0 Å². The van der Waals surface area contributed by atoms with E-state index in [0.717, 1.165) is 15.9 Å². The lowest BCUT2D eigenvalue weighted by atomic mass is 10.2. The summed E-state index contributed by atoms with van der Waals surface area (Å²) in [4.78, 5) is 2.47. The number of alkyl halides is 1. The molecule has 94 valence electrons. The first kappa shape index (κ1) is 14.2. The molecular weight excluding hydrogens is 375 g/mol. The van der Waals surface area contributed by atoms with Gasteiger partial charge in [0.2, 0.25) is 0 Å². The lowest BCUT2D eigenvalue weighted by Gasteiger charge is -2.06. The first-order chi connectivity index (χ1) is 8.72. The van der Waals surface area contributed by atoms with Crippen LogP contribution in [0, 0.1) is 0 Å². The van der Waals surface area contributed by atoms with Crippen molar-refractivity contribution in [1.82, 2.24) is 0 Å². The van der Waals surface area contributed by atoms with Crippen LogP contribution in [0.25, 0.3) is 0 Å². The molecule has 0 spiro atoms. The SMILES string of the molecule is CCc1cccc(Sc2ccc(CI)c(Cl)c2)c1. The van der Waals surface area contributed by atoms with E-state index in [0.29, 0.717) is 0 Å². The van der Waals surface area contributed by atoms with Gasteiger partial charge in [0, 0.05) is 19.2 Å². The summed E-state index contributed by atoms with van der Waals surface area (Å²) in [6, 6.07) is 15.0. The second-order valence-corrected chi connectivity index (χ2v) is 6.31. The summed E-state index contributed by atoms with van der Waals surface area (Å²) in [7, 11) is 0. The van der Waals surface area contributed by atoms with Crippen molar-refractivity contribution in [3.05, 3.63) is 58.6 Å². The summed E-state index contributed by atoms with van der Waals surface area (Å²) in [5, 5.41) is 0.862. The minimum atomic E-state index is 0.862. The fourth-order valence-electron chi connectivity index (χ4n) is 1.66. The minimum Gasteiger partial charge on any atom is -0.0900 e. The maximum Gasteiger partial charge on any atom is 0.0457 e. The van der Waals surface area contributed by atoms with Crippen molar-refractivity contribution in [3.63, 3.8) is 0 Å². The van der Waals surface area contributed by atoms with Gasteiger partial charge in [-0.15, -0.1) is 0 Å². The normalized spacial score (nSPS) is 10.6. The standard InChI is InChI=1S/C15H14ClIS/c1-2-11-4-3-5-13(8-11)18-14-7-6-12(10-17)15(16)9-14/h3-9H,2,10H2,1H3. The molecule has 0 saturated heterocycles. The minimum absolute atomic E-state index is 0.862. The Morgan fingerprint density at radius 3 is 2.56 bits per heavy atom. The summed E-state index contributed by atoms with van der Waals surface area (Å²) in [6.07, 6.45) is 1.07. The average molecular weight is 389 g/mol. The van der Waals surface area contributed by atoms with Crippen molar-refractivity contribution in [3.8, 4) is 0 Å². The van der Waals surface area contributed by atoms with Gasteiger partial charge in [0.05, 0.1) is 0 Å². The second-order valence-electron chi connectivity index (χ2n) is 3.99. The molecule has 0 bridgehead atoms. The smallest absolute Gasteiger partial charge is 0.0457 e. The van der Waals surface area contributed by atoms with Crippen LogP contribution in [0.4, 0.5) is 0 Å². The Hall–Kier alpha value is -0.190. The third-order valence-corrected chi connectivity index (χ3v) is 4.86. The Kier molecular flexibility index (Phi) is 5.39. The summed E-state index contributed by atoms with van der Waals surface area (Å²) in [5.74, 6) is 0. The zero-order valence-corrected chi connectivity index (χ0v) is 13.8. The van der Waals surface area contributed by atoms with Crippen molar-refractivity contribution in [1.29, 1.82) is 0 Å². The molecule has 0 atom stereocenters. The molecule has 0 aliphatic carbocycles. The van der Waals surface area contributed by atoms with Crippen LogP contribution in [-0.2, 0) is 10.8 Å². The molecule has 2 rings (SSSR count). The maximum absolute atomic E-state index is 6.24. The average Bonchev–Trinajstić information content (AvgIpc) is 2.39. The highest BCUT2D eigenvalue weighted by atomic mass is 127. The maximum atomic E-state index is 6.24. The molecule has 0 saturated carbocycles. The van der Waals surface area contributed by atoms with Crippen LogP contribution >= 0.6 is 46.0 Å². The molecule has 0 radical (unpaired) electrons. The molecule has 0 fully saturated rings. The van der Waals surface area contributed by atoms with Gasteiger partial charge in [-0.1, -0.05) is 71.1 Å². The molecule has 3 heteroatoms. The number of benzene rings is 2. The zero-order valence-electron chi connectivity index (χ0n) is 10.1. The van der Waals surface area contributed by atoms with Gasteiger partial charge in [0.15, 0.2) is 0 Å². The molecule has 0 N–H and O–H groups in total. The topological polar surface area (TPSA) is 0 Å². The van der Waals surface area contributed by atoms with Crippen molar-refractivity contribution < 1.29 is 0 Å². The second kappa shape index (κ2) is 6.83. The van der Waals surface area contributed by atoms with Crippen molar-refractivity contribution in [2.45, 2.75) is 27.6 Å². The first-order valence-electron chi connectivity index (χ1n) is 5.84. The predicted molar refractivity (Wildman–Crippen MR) is 89.1 cm³/mol. The van der Waals surface area contributed by atoms with Gasteiger partial charge in [-0.2, -0.15) is 0 Å². The largest absolute Gasteiger partial charge is 0.0900 e. The number of hydrogen-bond acceptors (Lipinski definition) is 1. The van der Waals surface area contributed by atoms with Crippen LogP contribution in [0.5, 0.6) is 0 Å². The quantitative estimate of drug-likeness (QED) is 0.458. The Labute approximate surface area is 131 Å². The van der Waals surface area contributed by atoms with E-state index >= 15 is 0 Å². The summed E-state index contributed by atoms with van der Waals surface area (Å²) in [5.41, 5.74) is 2.57. The molecule has 0 nitrogen and oxygen atoms in total. The summed E-state index contributed by atoms with van der Waals surface area (Å²) < 4.78 is 0.951. The van der Waals surface area contributed by atoms with Crippen molar-refractivity contribution in [2.24, 2.45) is 0 Å². The van der Waals surface area contributed by atoms with E-state index < -0.39 is 0 Å². The zero-order chi connectivity index (χ0) is 13.0. The molecule has 0 aliphatic rings. The molecule has 0 aromatic heterocycles. The van der Waals surface area contributed by atoms with Gasteiger partial charge < -0.3 is 0 Å². The number of hydrogen-bond donors (Lipinski definition) is 0. The Morgan fingerprint density at radius 2 is 1.89 bits per heavy atom. The molecule has 18 heavy (non-hydrogen) atoms. The van der Waals surface area contributed by atoms with Gasteiger partial charge in [-0.05, 0) is 41.8 Å². The Bertz CT molecular complexity index is 540. The number of halogens is 2. The van der Waals surface area contributed by atoms with E-state index in [2.05, 4.69) is 72.0 Å². The third kappa shape index (κ3) is 3.65. The van der Waals surface area contributed by atoms with E-state index in [1.165, 1.54) is 20.9 Å². The fraction of sp³-hybridized carbons (Fsp3) is 0.200. The van der Waals surface area contributed by atoms with E-state index in [1.54, 1.807) is 11.8 Å². The molecule has 2 aromatic rings. The molecule has 0 heterocycles. The lowest BCUT2D eigenvalue weighted by molar-refractivity contribution is 1.12. The van der Waals surface area contributed by atoms with Crippen LogP contribution in [0.3, 0.4) is 0 Å². The monoisotopic (exact) mass is 388 g/mol. The van der Waals surface area contributed by atoms with E-state index in [-0.39, 0.29) is 0 Å². The van der Waals surface area contributed by atoms with E-state index in [9.17, 15) is 0 Å². The molecular formula is C15H14ClIS. The molecule has 0 amide bonds. The lowest BCUT2D eigenvalue weighted by Crippen LogP contribution is -1.82. The van der Waals surface area contributed by atoms with E-state index in [4.69, 9.17) is 11.6 Å². The van der Waals surface area contributed by atoms with Crippen LogP contribution in [0.1, 0.15) is 18.1 Å². The highest BCUT2D eigenvalue weighted by Crippen LogP contribution is 2.31. The van der Waals surface area contributed by atoms with Gasteiger partial charge >= 0.3 is 0 Å². The van der Waals surface area contributed by atoms with Crippen LogP contribution in [-0.4, -0.2) is 0 Å². The fourth-order valence-corrected chi connectivity index (χ4v) is 3.81. The summed E-state index contributed by atoms with van der Waals surface area (Å²) >= 11 is 10.3.